The Morgan fingerprint density at radius 1 is 1.42 bits per heavy atom. The Kier molecular flexibility index (Phi) is 2.87. The standard InChI is InChI=1S/C13H11N3O2S/c1-8-6-11(17)16-12(18)10(19-13(16)15-8)7-9-4-2-3-5-14-9/h2-5,7-8H,6H2,1H3/b10-7+/t8-/m0/s1. The molecule has 0 amide bonds. The molecule has 2 aromatic heterocycles. The maximum atomic E-state index is 12.2. The van der Waals surface area contributed by atoms with Gasteiger partial charge in [0.05, 0.1) is 16.3 Å². The van der Waals surface area contributed by atoms with Crippen LogP contribution < -0.4 is 14.9 Å². The average Bonchev–Trinajstić information content (AvgIpc) is 2.67. The molecule has 19 heavy (non-hydrogen) atoms. The molecule has 0 aliphatic carbocycles. The van der Waals surface area contributed by atoms with Crippen LogP contribution in [0.25, 0.3) is 6.08 Å². The Bertz CT molecular complexity index is 805. The van der Waals surface area contributed by atoms with Gasteiger partial charge in [0.15, 0.2) is 4.80 Å². The molecule has 0 radical (unpaired) electrons. The average molecular weight is 273 g/mol. The van der Waals surface area contributed by atoms with Crippen molar-refractivity contribution in [1.82, 2.24) is 9.55 Å². The number of carbonyl (C=O) groups is 1. The van der Waals surface area contributed by atoms with Crippen LogP contribution in [-0.4, -0.2) is 21.5 Å². The number of hydrogen-bond acceptors (Lipinski definition) is 5. The van der Waals surface area contributed by atoms with Gasteiger partial charge in [0.25, 0.3) is 5.56 Å². The van der Waals surface area contributed by atoms with E-state index in [0.29, 0.717) is 15.0 Å². The Labute approximate surface area is 112 Å². The van der Waals surface area contributed by atoms with E-state index in [0.717, 1.165) is 0 Å². The first-order valence-corrected chi connectivity index (χ1v) is 6.72. The Morgan fingerprint density at radius 3 is 3.00 bits per heavy atom. The zero-order valence-corrected chi connectivity index (χ0v) is 11.1. The van der Waals surface area contributed by atoms with E-state index in [2.05, 4.69) is 9.98 Å². The zero-order valence-electron chi connectivity index (χ0n) is 10.2. The van der Waals surface area contributed by atoms with Crippen molar-refractivity contribution in [2.45, 2.75) is 19.4 Å². The summed E-state index contributed by atoms with van der Waals surface area (Å²) in [5.74, 6) is -0.181. The SMILES string of the molecule is C[C@H]1CC(=O)n2c(s/c(=C/c3ccccn3)c2=O)=N1. The van der Waals surface area contributed by atoms with Crippen LogP contribution in [0.3, 0.4) is 0 Å². The molecule has 6 heteroatoms. The fourth-order valence-corrected chi connectivity index (χ4v) is 3.02. The lowest BCUT2D eigenvalue weighted by atomic mass is 10.2. The van der Waals surface area contributed by atoms with Crippen molar-refractivity contribution in [2.75, 3.05) is 0 Å². The van der Waals surface area contributed by atoms with Gasteiger partial charge in [0.2, 0.25) is 5.91 Å². The summed E-state index contributed by atoms with van der Waals surface area (Å²) in [5.41, 5.74) is 0.394. The molecule has 0 fully saturated rings. The second-order valence-corrected chi connectivity index (χ2v) is 5.37. The van der Waals surface area contributed by atoms with Crippen molar-refractivity contribution in [3.8, 4) is 0 Å². The third-order valence-corrected chi connectivity index (χ3v) is 3.81. The minimum Gasteiger partial charge on any atom is -0.274 e. The first kappa shape index (κ1) is 12.0. The molecular formula is C13H11N3O2S. The first-order valence-electron chi connectivity index (χ1n) is 5.91. The van der Waals surface area contributed by atoms with Crippen LogP contribution in [0.1, 0.15) is 23.8 Å². The Balaban J connectivity index is 2.25. The predicted molar refractivity (Wildman–Crippen MR) is 71.9 cm³/mol. The topological polar surface area (TPSA) is 64.3 Å². The molecule has 1 atom stereocenters. The summed E-state index contributed by atoms with van der Waals surface area (Å²) >= 11 is 1.23. The highest BCUT2D eigenvalue weighted by Crippen LogP contribution is 2.02. The number of hydrogen-bond donors (Lipinski definition) is 0. The molecule has 96 valence electrons. The second kappa shape index (κ2) is 4.55. The van der Waals surface area contributed by atoms with E-state index in [-0.39, 0.29) is 23.9 Å². The molecule has 0 bridgehead atoms. The van der Waals surface area contributed by atoms with Crippen molar-refractivity contribution >= 4 is 23.3 Å². The monoisotopic (exact) mass is 273 g/mol. The molecule has 3 heterocycles. The molecule has 0 unspecified atom stereocenters. The van der Waals surface area contributed by atoms with Gasteiger partial charge in [-0.15, -0.1) is 0 Å². The number of thiazole rings is 1. The molecule has 0 saturated heterocycles. The molecule has 3 rings (SSSR count). The van der Waals surface area contributed by atoms with Gasteiger partial charge in [0, 0.05) is 12.6 Å². The quantitative estimate of drug-likeness (QED) is 0.745. The third kappa shape index (κ3) is 2.15. The highest BCUT2D eigenvalue weighted by molar-refractivity contribution is 7.07. The summed E-state index contributed by atoms with van der Waals surface area (Å²) in [5, 5.41) is 0. The largest absolute Gasteiger partial charge is 0.277 e. The number of nitrogens with zero attached hydrogens (tertiary/aromatic N) is 3. The molecule has 0 saturated carbocycles. The van der Waals surface area contributed by atoms with Crippen molar-refractivity contribution in [1.29, 1.82) is 0 Å². The fraction of sp³-hybridized carbons (Fsp3) is 0.231. The number of rotatable bonds is 1. The zero-order chi connectivity index (χ0) is 13.4. The van der Waals surface area contributed by atoms with Crippen LogP contribution in [-0.2, 0) is 0 Å². The van der Waals surface area contributed by atoms with E-state index in [4.69, 9.17) is 0 Å². The smallest absolute Gasteiger partial charge is 0.274 e. The summed E-state index contributed by atoms with van der Waals surface area (Å²) in [4.78, 5) is 33.0. The molecule has 0 N–H and O–H groups in total. The van der Waals surface area contributed by atoms with Crippen LogP contribution in [0.2, 0.25) is 0 Å². The minimum absolute atomic E-state index is 0.0618. The lowest BCUT2D eigenvalue weighted by Gasteiger charge is -2.09. The van der Waals surface area contributed by atoms with Gasteiger partial charge in [-0.2, -0.15) is 0 Å². The maximum absolute atomic E-state index is 12.2. The van der Waals surface area contributed by atoms with Crippen molar-refractivity contribution in [3.63, 3.8) is 0 Å². The normalized spacial score (nSPS) is 19.1. The maximum Gasteiger partial charge on any atom is 0.277 e. The molecule has 1 aliphatic heterocycles. The number of pyridine rings is 1. The summed E-state index contributed by atoms with van der Waals surface area (Å²) in [7, 11) is 0. The van der Waals surface area contributed by atoms with E-state index in [1.165, 1.54) is 15.9 Å². The van der Waals surface area contributed by atoms with Gasteiger partial charge < -0.3 is 0 Å². The fourth-order valence-electron chi connectivity index (χ4n) is 1.95. The van der Waals surface area contributed by atoms with Gasteiger partial charge in [-0.1, -0.05) is 17.4 Å². The Hall–Kier alpha value is -2.08. The van der Waals surface area contributed by atoms with Crippen molar-refractivity contribution < 1.29 is 4.79 Å². The van der Waals surface area contributed by atoms with E-state index >= 15 is 0 Å². The second-order valence-electron chi connectivity index (χ2n) is 4.36. The highest BCUT2D eigenvalue weighted by Gasteiger charge is 2.20. The lowest BCUT2D eigenvalue weighted by molar-refractivity contribution is 0.0877. The van der Waals surface area contributed by atoms with Gasteiger partial charge >= 0.3 is 0 Å². The van der Waals surface area contributed by atoms with Crippen molar-refractivity contribution in [2.24, 2.45) is 4.99 Å². The van der Waals surface area contributed by atoms with Crippen molar-refractivity contribution in [3.05, 3.63) is 49.8 Å². The van der Waals surface area contributed by atoms with Gasteiger partial charge in [0.1, 0.15) is 0 Å². The highest BCUT2D eigenvalue weighted by atomic mass is 32.1. The van der Waals surface area contributed by atoms with E-state index in [9.17, 15) is 9.59 Å². The third-order valence-electron chi connectivity index (χ3n) is 2.82. The molecule has 2 aromatic rings. The minimum atomic E-state index is -0.300. The summed E-state index contributed by atoms with van der Waals surface area (Å²) < 4.78 is 1.65. The molecule has 0 spiro atoms. The van der Waals surface area contributed by atoms with E-state index < -0.39 is 0 Å². The first-order chi connectivity index (χ1) is 9.15. The summed E-state index contributed by atoms with van der Waals surface area (Å²) in [6.07, 6.45) is 3.63. The molecule has 1 aliphatic rings. The molecular weight excluding hydrogens is 262 g/mol. The molecule has 5 nitrogen and oxygen atoms in total. The predicted octanol–water partition coefficient (Wildman–Crippen LogP) is 0.186. The summed E-state index contributed by atoms with van der Waals surface area (Å²) in [6.45, 7) is 1.87. The summed E-state index contributed by atoms with van der Waals surface area (Å²) in [6, 6.07) is 5.41. The van der Waals surface area contributed by atoms with Crippen LogP contribution in [0.5, 0.6) is 0 Å². The lowest BCUT2D eigenvalue weighted by Crippen LogP contribution is -2.40. The van der Waals surface area contributed by atoms with Gasteiger partial charge in [-0.05, 0) is 25.1 Å². The number of fused-ring (bicyclic) bond motifs is 1. The Morgan fingerprint density at radius 2 is 2.26 bits per heavy atom. The number of aromatic nitrogens is 2. The van der Waals surface area contributed by atoms with E-state index in [1.807, 2.05) is 25.1 Å². The van der Waals surface area contributed by atoms with Crippen LogP contribution in [0.4, 0.5) is 0 Å². The van der Waals surface area contributed by atoms with Gasteiger partial charge in [-0.25, -0.2) is 4.57 Å². The van der Waals surface area contributed by atoms with E-state index in [1.54, 1.807) is 12.3 Å². The number of carbonyl (C=O) groups excluding carboxylic acids is 1. The van der Waals surface area contributed by atoms with Crippen LogP contribution in [0.15, 0.2) is 34.2 Å². The molecule has 0 aromatic carbocycles. The van der Waals surface area contributed by atoms with Crippen LogP contribution in [0, 0.1) is 0 Å². The van der Waals surface area contributed by atoms with Crippen LogP contribution >= 0.6 is 11.3 Å². The van der Waals surface area contributed by atoms with Gasteiger partial charge in [-0.3, -0.25) is 19.6 Å².